The first-order valence-corrected chi connectivity index (χ1v) is 11.4. The van der Waals surface area contributed by atoms with Gasteiger partial charge in [-0.05, 0) is 0 Å². The molecule has 0 aromatic carbocycles. The van der Waals surface area contributed by atoms with Crippen LogP contribution in [0.1, 0.15) is 77.6 Å². The van der Waals surface area contributed by atoms with Gasteiger partial charge in [0.2, 0.25) is 0 Å². The first-order chi connectivity index (χ1) is 12.0. The topological polar surface area (TPSA) is 146 Å². The normalized spacial score (nSPS) is 12.0. The summed E-state index contributed by atoms with van der Waals surface area (Å²) < 4.78 is 29.1. The van der Waals surface area contributed by atoms with Gasteiger partial charge in [0, 0.05) is 0 Å². The van der Waals surface area contributed by atoms with Gasteiger partial charge in [0.1, 0.15) is 0 Å². The molecule has 26 heavy (non-hydrogen) atoms. The molecule has 0 bridgehead atoms. The standard InChI is InChI=1S/C12H23O.C4H6O7S.Na/c1-2-3-4-5-6-7-8-9-10-11-12-13;5-3(6)1-2(4(7)8)12(9,10)11;/h2-11H2,1H3;2H,1H2,(H,5,6)(H,7,8)(H,9,10,11);. The molecule has 0 radical (unpaired) electrons. The molecule has 0 saturated carbocycles. The molecule has 0 fully saturated rings. The van der Waals surface area contributed by atoms with Crippen LogP contribution in [0.15, 0.2) is 0 Å². The van der Waals surface area contributed by atoms with E-state index in [4.69, 9.17) is 14.8 Å². The van der Waals surface area contributed by atoms with Gasteiger partial charge >= 0.3 is 119 Å². The molecule has 0 aliphatic rings. The van der Waals surface area contributed by atoms with Crippen molar-refractivity contribution in [2.45, 2.75) is 82.8 Å². The second-order valence-electron chi connectivity index (χ2n) is 6.22. The first kappa shape index (κ1) is 27.7. The van der Waals surface area contributed by atoms with Crippen molar-refractivity contribution in [2.24, 2.45) is 0 Å². The van der Waals surface area contributed by atoms with Crippen LogP contribution < -0.4 is 0 Å². The van der Waals surface area contributed by atoms with Crippen molar-refractivity contribution >= 4 is 53.0 Å². The van der Waals surface area contributed by atoms with Crippen LogP contribution >= 0.6 is 0 Å². The average molecular weight is 404 g/mol. The molecule has 0 amide bonds. The molecule has 0 aliphatic heterocycles. The SMILES string of the molecule is CCCCCCCCCCC[C](=O)[Na].O=C(O)CC(C(=O)O)S(=O)(=O)O. The van der Waals surface area contributed by atoms with E-state index in [0.717, 1.165) is 40.8 Å². The molecular weight excluding hydrogens is 375 g/mol. The van der Waals surface area contributed by atoms with Crippen molar-refractivity contribution in [2.75, 3.05) is 0 Å². The summed E-state index contributed by atoms with van der Waals surface area (Å²) >= 11 is 0.751. The number of carbonyl (C=O) groups is 3. The Bertz CT molecular complexity index is 518. The number of hydrogen-bond donors (Lipinski definition) is 3. The van der Waals surface area contributed by atoms with E-state index in [1.165, 1.54) is 51.4 Å². The van der Waals surface area contributed by atoms with Crippen molar-refractivity contribution in [1.29, 1.82) is 0 Å². The Labute approximate surface area is 172 Å². The molecule has 148 valence electrons. The number of carboxylic acid groups (broad SMARTS) is 2. The summed E-state index contributed by atoms with van der Waals surface area (Å²) in [5.41, 5.74) is 0. The maximum absolute atomic E-state index is 10.7. The first-order valence-electron chi connectivity index (χ1n) is 8.92. The molecular formula is C16H29NaO8S. The molecule has 1 unspecified atom stereocenters. The van der Waals surface area contributed by atoms with Gasteiger partial charge in [0.15, 0.2) is 5.25 Å². The van der Waals surface area contributed by atoms with E-state index < -0.39 is 33.7 Å². The number of aliphatic carboxylic acids is 2. The monoisotopic (exact) mass is 404 g/mol. The van der Waals surface area contributed by atoms with Crippen molar-refractivity contribution in [3.63, 3.8) is 0 Å². The van der Waals surface area contributed by atoms with Gasteiger partial charge in [-0.2, -0.15) is 8.42 Å². The largest absolute Gasteiger partial charge is 0.481 e. The Balaban J connectivity index is 0. The fraction of sp³-hybridized carbons (Fsp3) is 0.812. The van der Waals surface area contributed by atoms with Crippen LogP contribution in [0.4, 0.5) is 0 Å². The summed E-state index contributed by atoms with van der Waals surface area (Å²) in [6.07, 6.45) is 11.8. The zero-order valence-electron chi connectivity index (χ0n) is 15.6. The van der Waals surface area contributed by atoms with E-state index in [1.807, 2.05) is 0 Å². The van der Waals surface area contributed by atoms with Gasteiger partial charge in [0.25, 0.3) is 10.1 Å². The smallest absolute Gasteiger partial charge is 0.325 e. The fourth-order valence-corrected chi connectivity index (χ4v) is 3.12. The summed E-state index contributed by atoms with van der Waals surface area (Å²) in [7, 11) is -4.84. The van der Waals surface area contributed by atoms with Crippen molar-refractivity contribution < 1.29 is 37.6 Å². The Morgan fingerprint density at radius 2 is 1.31 bits per heavy atom. The summed E-state index contributed by atoms with van der Waals surface area (Å²) in [5.74, 6) is -3.50. The second kappa shape index (κ2) is 16.7. The minimum Gasteiger partial charge on any atom is -0.481 e. The Morgan fingerprint density at radius 3 is 1.58 bits per heavy atom. The van der Waals surface area contributed by atoms with Gasteiger partial charge in [-0.3, -0.25) is 14.1 Å². The quantitative estimate of drug-likeness (QED) is 0.227. The van der Waals surface area contributed by atoms with Crippen LogP contribution in [0.25, 0.3) is 0 Å². The van der Waals surface area contributed by atoms with E-state index in [2.05, 4.69) is 6.92 Å². The van der Waals surface area contributed by atoms with E-state index >= 15 is 0 Å². The fourth-order valence-electron chi connectivity index (χ4n) is 2.16. The van der Waals surface area contributed by atoms with Crippen molar-refractivity contribution in [3.05, 3.63) is 0 Å². The summed E-state index contributed by atoms with van der Waals surface area (Å²) in [6.45, 7) is 2.26. The summed E-state index contributed by atoms with van der Waals surface area (Å²) in [6, 6.07) is 0. The number of unbranched alkanes of at least 4 members (excludes halogenated alkanes) is 8. The van der Waals surface area contributed by atoms with Crippen LogP contribution in [0.3, 0.4) is 0 Å². The third kappa shape index (κ3) is 19.8. The number of carbonyl (C=O) groups excluding carboxylic acids is 1. The Morgan fingerprint density at radius 1 is 0.885 bits per heavy atom. The molecule has 0 aromatic rings. The average Bonchev–Trinajstić information content (AvgIpc) is 2.50. The van der Waals surface area contributed by atoms with Gasteiger partial charge in [-0.15, -0.1) is 0 Å². The third-order valence-corrected chi connectivity index (χ3v) is 5.21. The number of hydrogen-bond acceptors (Lipinski definition) is 5. The summed E-state index contributed by atoms with van der Waals surface area (Å²) in [5, 5.41) is 13.9. The molecule has 0 aromatic heterocycles. The van der Waals surface area contributed by atoms with Crippen LogP contribution in [0.2, 0.25) is 0 Å². The molecule has 0 rings (SSSR count). The molecule has 0 saturated heterocycles. The van der Waals surface area contributed by atoms with E-state index in [1.54, 1.807) is 0 Å². The van der Waals surface area contributed by atoms with Gasteiger partial charge in [-0.25, -0.2) is 0 Å². The van der Waals surface area contributed by atoms with E-state index in [-0.39, 0.29) is 0 Å². The Hall–Kier alpha value is -0.480. The zero-order chi connectivity index (χ0) is 20.6. The predicted molar refractivity (Wildman–Crippen MR) is 97.8 cm³/mol. The molecule has 3 N–H and O–H groups in total. The molecule has 0 spiro atoms. The van der Waals surface area contributed by atoms with E-state index in [9.17, 15) is 22.8 Å². The third-order valence-electron chi connectivity index (χ3n) is 3.63. The molecule has 1 atom stereocenters. The van der Waals surface area contributed by atoms with Gasteiger partial charge in [0.05, 0.1) is 6.42 Å². The van der Waals surface area contributed by atoms with Gasteiger partial charge in [-0.1, -0.05) is 0 Å². The maximum atomic E-state index is 10.7. The number of carboxylic acids is 2. The molecule has 0 heterocycles. The molecule has 8 nitrogen and oxygen atoms in total. The minimum absolute atomic E-state index is 0.480. The van der Waals surface area contributed by atoms with Crippen LogP contribution in [-0.4, -0.2) is 71.3 Å². The zero-order valence-corrected chi connectivity index (χ0v) is 18.5. The van der Waals surface area contributed by atoms with Crippen molar-refractivity contribution in [3.8, 4) is 0 Å². The summed E-state index contributed by atoms with van der Waals surface area (Å²) in [4.78, 5) is 30.7. The second-order valence-corrected chi connectivity index (χ2v) is 8.93. The van der Waals surface area contributed by atoms with E-state index in [0.29, 0.717) is 3.03 Å². The molecule has 0 aliphatic carbocycles. The van der Waals surface area contributed by atoms with Crippen LogP contribution in [0.5, 0.6) is 0 Å². The number of rotatable bonds is 14. The van der Waals surface area contributed by atoms with Gasteiger partial charge < -0.3 is 10.2 Å². The molecule has 10 heteroatoms. The van der Waals surface area contributed by atoms with Crippen molar-refractivity contribution in [1.82, 2.24) is 0 Å². The maximum Gasteiger partial charge on any atom is 0.325 e. The van der Waals surface area contributed by atoms with Crippen LogP contribution in [0, 0.1) is 0 Å². The Kier molecular flexibility index (Phi) is 17.8. The predicted octanol–water partition coefficient (Wildman–Crippen LogP) is 2.40. The van der Waals surface area contributed by atoms with Crippen LogP contribution in [-0.2, 0) is 24.5 Å². The minimum atomic E-state index is -4.84.